The second kappa shape index (κ2) is 9.14. The van der Waals surface area contributed by atoms with Crippen LogP contribution in [0.2, 0.25) is 0 Å². The Morgan fingerprint density at radius 3 is 2.92 bits per heavy atom. The molecule has 186 valence electrons. The number of aromatic nitrogens is 3. The molecule has 6 rings (SSSR count). The minimum atomic E-state index is -0.387. The van der Waals surface area contributed by atoms with E-state index in [0.29, 0.717) is 34.3 Å². The molecule has 10 nitrogen and oxygen atoms in total. The van der Waals surface area contributed by atoms with Crippen molar-refractivity contribution in [3.05, 3.63) is 40.4 Å². The number of carbonyl (C=O) groups is 3. The summed E-state index contributed by atoms with van der Waals surface area (Å²) in [7, 11) is 1.66. The Bertz CT molecular complexity index is 1400. The van der Waals surface area contributed by atoms with Gasteiger partial charge in [-0.25, -0.2) is 4.98 Å². The second-order valence-corrected chi connectivity index (χ2v) is 10.5. The van der Waals surface area contributed by atoms with Crippen LogP contribution in [-0.2, 0) is 14.3 Å². The molecule has 1 atom stereocenters. The summed E-state index contributed by atoms with van der Waals surface area (Å²) >= 11 is 1.42. The Hall–Kier alpha value is -3.57. The molecule has 0 aromatic carbocycles. The molecule has 3 fully saturated rings. The fourth-order valence-electron chi connectivity index (χ4n) is 4.76. The number of anilines is 1. The third-order valence-corrected chi connectivity index (χ3v) is 7.82. The molecule has 5 heterocycles. The number of ether oxygens (including phenoxy) is 1. The fraction of sp³-hybridized carbons (Fsp3) is 0.400. The first-order valence-corrected chi connectivity index (χ1v) is 12.9. The summed E-state index contributed by atoms with van der Waals surface area (Å²) in [5.74, 6) is 0.126. The molecule has 2 N–H and O–H groups in total. The number of thiophene rings is 1. The number of methoxy groups -OCH3 is 1. The van der Waals surface area contributed by atoms with Crippen molar-refractivity contribution in [2.24, 2.45) is 0 Å². The smallest absolute Gasteiger partial charge is 0.264 e. The molecule has 2 aliphatic heterocycles. The number of fused-ring (bicyclic) bond motifs is 1. The van der Waals surface area contributed by atoms with Crippen LogP contribution in [0.3, 0.4) is 0 Å². The summed E-state index contributed by atoms with van der Waals surface area (Å²) in [6, 6.07) is 6.24. The monoisotopic (exact) mass is 506 g/mol. The van der Waals surface area contributed by atoms with E-state index in [4.69, 9.17) is 9.72 Å². The third-order valence-electron chi connectivity index (χ3n) is 6.72. The van der Waals surface area contributed by atoms with E-state index in [1.54, 1.807) is 23.9 Å². The van der Waals surface area contributed by atoms with Crippen LogP contribution in [-0.4, -0.2) is 69.6 Å². The Kier molecular flexibility index (Phi) is 5.81. The van der Waals surface area contributed by atoms with Gasteiger partial charge in [0.1, 0.15) is 5.82 Å². The van der Waals surface area contributed by atoms with Gasteiger partial charge < -0.3 is 15.0 Å². The predicted octanol–water partition coefficient (Wildman–Crippen LogP) is 2.71. The number of imide groups is 1. The highest BCUT2D eigenvalue weighted by molar-refractivity contribution is 7.17. The number of amides is 3. The van der Waals surface area contributed by atoms with Gasteiger partial charge in [0.15, 0.2) is 5.65 Å². The number of likely N-dealkylation sites (tertiary alicyclic amines) is 1. The van der Waals surface area contributed by atoms with Gasteiger partial charge >= 0.3 is 0 Å². The highest BCUT2D eigenvalue weighted by atomic mass is 32.1. The van der Waals surface area contributed by atoms with Gasteiger partial charge in [0.05, 0.1) is 40.7 Å². The topological polar surface area (TPSA) is 118 Å². The van der Waals surface area contributed by atoms with Crippen molar-refractivity contribution in [3.8, 4) is 10.6 Å². The maximum absolute atomic E-state index is 13.2. The summed E-state index contributed by atoms with van der Waals surface area (Å²) in [4.78, 5) is 45.3. The average Bonchev–Trinajstić information content (AvgIpc) is 3.24. The zero-order valence-corrected chi connectivity index (χ0v) is 20.6. The number of rotatable bonds is 7. The Morgan fingerprint density at radius 2 is 2.17 bits per heavy atom. The van der Waals surface area contributed by atoms with E-state index in [9.17, 15) is 14.4 Å². The van der Waals surface area contributed by atoms with Crippen LogP contribution in [0.25, 0.3) is 22.3 Å². The fourth-order valence-corrected chi connectivity index (χ4v) is 5.68. The van der Waals surface area contributed by atoms with Crippen molar-refractivity contribution in [2.75, 3.05) is 25.6 Å². The number of hydrogen-bond acceptors (Lipinski definition) is 8. The summed E-state index contributed by atoms with van der Waals surface area (Å²) < 4.78 is 7.03. The third kappa shape index (κ3) is 4.28. The van der Waals surface area contributed by atoms with Gasteiger partial charge in [-0.05, 0) is 43.9 Å². The largest absolute Gasteiger partial charge is 0.383 e. The van der Waals surface area contributed by atoms with Crippen LogP contribution in [0, 0.1) is 0 Å². The van der Waals surface area contributed by atoms with Crippen molar-refractivity contribution in [3.63, 3.8) is 0 Å². The van der Waals surface area contributed by atoms with Gasteiger partial charge in [0.25, 0.3) is 11.8 Å². The van der Waals surface area contributed by atoms with Crippen LogP contribution >= 0.6 is 11.3 Å². The Morgan fingerprint density at radius 1 is 1.31 bits per heavy atom. The molecule has 0 bridgehead atoms. The van der Waals surface area contributed by atoms with Gasteiger partial charge in [0, 0.05) is 36.9 Å². The summed E-state index contributed by atoms with van der Waals surface area (Å²) in [6.07, 6.45) is 7.49. The lowest BCUT2D eigenvalue weighted by atomic mass is 10.1. The number of carbonyl (C=O) groups excluding carboxylic acids is 3. The maximum atomic E-state index is 13.2. The van der Waals surface area contributed by atoms with E-state index in [2.05, 4.69) is 15.7 Å². The SMILES string of the molecule is COC[C@@H]1CCCN1C(=O)c1ccc(-c2cc(NC3CC3)n3ncc(/C=C4\CC(=O)NC4=O)c3n2)s1. The van der Waals surface area contributed by atoms with E-state index in [-0.39, 0.29) is 30.2 Å². The first kappa shape index (κ1) is 22.9. The molecule has 3 aromatic rings. The Balaban J connectivity index is 1.36. The molecule has 1 saturated carbocycles. The molecule has 3 amide bonds. The molecule has 1 aliphatic carbocycles. The lowest BCUT2D eigenvalue weighted by Gasteiger charge is -2.23. The molecule has 0 spiro atoms. The van der Waals surface area contributed by atoms with Crippen molar-refractivity contribution in [1.82, 2.24) is 24.8 Å². The van der Waals surface area contributed by atoms with Gasteiger partial charge in [-0.3, -0.25) is 19.7 Å². The zero-order valence-electron chi connectivity index (χ0n) is 19.8. The maximum Gasteiger partial charge on any atom is 0.264 e. The van der Waals surface area contributed by atoms with E-state index in [1.165, 1.54) is 11.3 Å². The molecule has 0 radical (unpaired) electrons. The van der Waals surface area contributed by atoms with Crippen LogP contribution < -0.4 is 10.6 Å². The summed E-state index contributed by atoms with van der Waals surface area (Å²) in [6.45, 7) is 1.28. The molecule has 36 heavy (non-hydrogen) atoms. The van der Waals surface area contributed by atoms with Crippen molar-refractivity contribution < 1.29 is 19.1 Å². The molecule has 3 aromatic heterocycles. The highest BCUT2D eigenvalue weighted by Crippen LogP contribution is 2.33. The van der Waals surface area contributed by atoms with E-state index in [0.717, 1.165) is 48.6 Å². The Labute approximate surface area is 211 Å². The number of hydrogen-bond donors (Lipinski definition) is 2. The lowest BCUT2D eigenvalue weighted by molar-refractivity contribution is -0.124. The molecule has 0 unspecified atom stereocenters. The predicted molar refractivity (Wildman–Crippen MR) is 135 cm³/mol. The molecule has 11 heteroatoms. The van der Waals surface area contributed by atoms with E-state index >= 15 is 0 Å². The first-order chi connectivity index (χ1) is 17.5. The normalized spacial score (nSPS) is 21.1. The molecule has 3 aliphatic rings. The van der Waals surface area contributed by atoms with Gasteiger partial charge in [-0.15, -0.1) is 11.3 Å². The van der Waals surface area contributed by atoms with Crippen LogP contribution in [0.1, 0.15) is 47.3 Å². The van der Waals surface area contributed by atoms with Crippen molar-refractivity contribution >= 4 is 46.6 Å². The van der Waals surface area contributed by atoms with Gasteiger partial charge in [-0.1, -0.05) is 0 Å². The minimum absolute atomic E-state index is 0.0231. The standard InChI is InChI=1S/C25H26N6O4S/c1-35-13-17-3-2-8-30(17)25(34)20-7-6-19(36-20)18-11-21(27-16-4-5-16)31-23(28-18)15(12-26-31)9-14-10-22(32)29-24(14)33/h6-7,9,11-12,16-17,27H,2-5,8,10,13H2,1H3,(H,29,32,33)/b14-9+/t17-/m0/s1. The lowest BCUT2D eigenvalue weighted by Crippen LogP contribution is -2.37. The summed E-state index contributed by atoms with van der Waals surface area (Å²) in [5, 5.41) is 10.3. The highest BCUT2D eigenvalue weighted by Gasteiger charge is 2.30. The van der Waals surface area contributed by atoms with Crippen molar-refractivity contribution in [1.29, 1.82) is 0 Å². The van der Waals surface area contributed by atoms with Crippen LogP contribution in [0.15, 0.2) is 30.0 Å². The van der Waals surface area contributed by atoms with E-state index < -0.39 is 0 Å². The van der Waals surface area contributed by atoms with Gasteiger partial charge in [0.2, 0.25) is 5.91 Å². The van der Waals surface area contributed by atoms with Crippen LogP contribution in [0.4, 0.5) is 5.82 Å². The first-order valence-electron chi connectivity index (χ1n) is 12.1. The summed E-state index contributed by atoms with van der Waals surface area (Å²) in [5.41, 5.74) is 2.34. The van der Waals surface area contributed by atoms with E-state index in [1.807, 2.05) is 23.1 Å². The minimum Gasteiger partial charge on any atom is -0.383 e. The quantitative estimate of drug-likeness (QED) is 0.374. The molecular formula is C25H26N6O4S. The van der Waals surface area contributed by atoms with Crippen LogP contribution in [0.5, 0.6) is 0 Å². The van der Waals surface area contributed by atoms with Gasteiger partial charge in [-0.2, -0.15) is 9.61 Å². The zero-order chi connectivity index (χ0) is 24.8. The number of nitrogens with one attached hydrogen (secondary N) is 2. The molecule has 2 saturated heterocycles. The molecular weight excluding hydrogens is 480 g/mol. The number of nitrogens with zero attached hydrogens (tertiary/aromatic N) is 4. The second-order valence-electron chi connectivity index (χ2n) is 9.42. The van der Waals surface area contributed by atoms with Crippen molar-refractivity contribution in [2.45, 2.75) is 44.2 Å². The average molecular weight is 507 g/mol.